The second-order valence-electron chi connectivity index (χ2n) is 7.73. The molecule has 2 aromatic carbocycles. The first-order chi connectivity index (χ1) is 16.9. The lowest BCUT2D eigenvalue weighted by molar-refractivity contribution is -0.145. The predicted molar refractivity (Wildman–Crippen MR) is 133 cm³/mol. The van der Waals surface area contributed by atoms with E-state index in [1.807, 2.05) is 36.6 Å². The Morgan fingerprint density at radius 2 is 1.83 bits per heavy atom. The Balaban J connectivity index is 1.38. The Morgan fingerprint density at radius 1 is 1.03 bits per heavy atom. The van der Waals surface area contributed by atoms with E-state index < -0.39 is 11.6 Å². The van der Waals surface area contributed by atoms with Gasteiger partial charge < -0.3 is 23.4 Å². The highest BCUT2D eigenvalue weighted by Gasteiger charge is 2.15. The third-order valence-corrected chi connectivity index (χ3v) is 6.58. The van der Waals surface area contributed by atoms with Crippen LogP contribution in [-0.2, 0) is 22.6 Å². The van der Waals surface area contributed by atoms with Gasteiger partial charge >= 0.3 is 11.6 Å². The van der Waals surface area contributed by atoms with Crippen molar-refractivity contribution >= 4 is 28.3 Å². The van der Waals surface area contributed by atoms with Crippen molar-refractivity contribution in [3.63, 3.8) is 0 Å². The molecule has 8 nitrogen and oxygen atoms in total. The molecule has 4 rings (SSSR count). The SMILES string of the molecule is COc1ccc2c(C)c(CCC(=O)OCc3csc(-c4ccc(OC)c(OC)c4)n3)c(=O)oc2c1. The molecule has 0 unspecified atom stereocenters. The first-order valence-corrected chi connectivity index (χ1v) is 11.7. The van der Waals surface area contributed by atoms with E-state index in [-0.39, 0.29) is 19.4 Å². The summed E-state index contributed by atoms with van der Waals surface area (Å²) in [6.45, 7) is 1.89. The van der Waals surface area contributed by atoms with Crippen LogP contribution in [0.1, 0.15) is 23.2 Å². The molecule has 0 saturated heterocycles. The number of rotatable bonds is 9. The van der Waals surface area contributed by atoms with Gasteiger partial charge in [-0.05, 0) is 49.2 Å². The summed E-state index contributed by atoms with van der Waals surface area (Å²) in [6, 6.07) is 10.9. The minimum atomic E-state index is -0.463. The van der Waals surface area contributed by atoms with Gasteiger partial charge in [0.15, 0.2) is 11.5 Å². The first-order valence-electron chi connectivity index (χ1n) is 10.9. The highest BCUT2D eigenvalue weighted by Crippen LogP contribution is 2.33. The normalized spacial score (nSPS) is 10.9. The van der Waals surface area contributed by atoms with Crippen LogP contribution < -0.4 is 19.8 Å². The fraction of sp³-hybridized carbons (Fsp3) is 0.269. The number of hydrogen-bond donors (Lipinski definition) is 0. The Labute approximate surface area is 206 Å². The van der Waals surface area contributed by atoms with Crippen LogP contribution in [0.25, 0.3) is 21.5 Å². The summed E-state index contributed by atoms with van der Waals surface area (Å²) in [7, 11) is 4.71. The molecule has 0 spiro atoms. The van der Waals surface area contributed by atoms with Crippen LogP contribution in [-0.4, -0.2) is 32.3 Å². The van der Waals surface area contributed by atoms with Gasteiger partial charge in [0.25, 0.3) is 0 Å². The van der Waals surface area contributed by atoms with E-state index in [0.717, 1.165) is 21.5 Å². The summed E-state index contributed by atoms with van der Waals surface area (Å²) in [5.41, 5.74) is 2.75. The van der Waals surface area contributed by atoms with Crippen molar-refractivity contribution in [3.05, 3.63) is 69.0 Å². The molecule has 0 N–H and O–H groups in total. The van der Waals surface area contributed by atoms with Gasteiger partial charge in [-0.25, -0.2) is 9.78 Å². The molecule has 0 aliphatic rings. The Hall–Kier alpha value is -3.85. The van der Waals surface area contributed by atoms with Crippen LogP contribution in [0.15, 0.2) is 51.0 Å². The number of carbonyl (C=O) groups excluding carboxylic acids is 1. The van der Waals surface area contributed by atoms with Gasteiger partial charge in [0.05, 0.1) is 27.0 Å². The topological polar surface area (TPSA) is 97.1 Å². The van der Waals surface area contributed by atoms with Gasteiger partial charge in [-0.15, -0.1) is 11.3 Å². The average molecular weight is 496 g/mol. The van der Waals surface area contributed by atoms with E-state index >= 15 is 0 Å². The van der Waals surface area contributed by atoms with E-state index in [1.54, 1.807) is 33.5 Å². The van der Waals surface area contributed by atoms with Crippen molar-refractivity contribution < 1.29 is 28.2 Å². The maximum atomic E-state index is 12.5. The molecule has 0 radical (unpaired) electrons. The molecule has 0 saturated carbocycles. The molecule has 0 fully saturated rings. The highest BCUT2D eigenvalue weighted by molar-refractivity contribution is 7.13. The minimum Gasteiger partial charge on any atom is -0.497 e. The van der Waals surface area contributed by atoms with E-state index in [2.05, 4.69) is 4.98 Å². The van der Waals surface area contributed by atoms with Crippen LogP contribution in [0.5, 0.6) is 17.2 Å². The summed E-state index contributed by atoms with van der Waals surface area (Å²) in [6.07, 6.45) is 0.281. The fourth-order valence-corrected chi connectivity index (χ4v) is 4.52. The largest absolute Gasteiger partial charge is 0.497 e. The van der Waals surface area contributed by atoms with Crippen LogP contribution >= 0.6 is 11.3 Å². The number of aromatic nitrogens is 1. The number of hydrogen-bond acceptors (Lipinski definition) is 9. The Kier molecular flexibility index (Phi) is 7.36. The summed E-state index contributed by atoms with van der Waals surface area (Å²) in [5.74, 6) is 1.44. The maximum absolute atomic E-state index is 12.5. The van der Waals surface area contributed by atoms with Crippen LogP contribution in [0, 0.1) is 6.92 Å². The van der Waals surface area contributed by atoms with Crippen molar-refractivity contribution in [1.29, 1.82) is 0 Å². The fourth-order valence-electron chi connectivity index (χ4n) is 3.72. The standard InChI is InChI=1S/C26H25NO7S/c1-15-19-7-6-18(30-2)12-22(19)34-26(29)20(15)8-10-24(28)33-13-17-14-35-25(27-17)16-5-9-21(31-3)23(11-16)32-4/h5-7,9,11-12,14H,8,10,13H2,1-4H3. The molecule has 182 valence electrons. The van der Waals surface area contributed by atoms with Gasteiger partial charge in [-0.3, -0.25) is 4.79 Å². The lowest BCUT2D eigenvalue weighted by Gasteiger charge is -2.09. The van der Waals surface area contributed by atoms with Gasteiger partial charge in [0.1, 0.15) is 22.9 Å². The molecule has 0 amide bonds. The molecule has 2 aromatic heterocycles. The number of methoxy groups -OCH3 is 3. The van der Waals surface area contributed by atoms with Gasteiger partial charge in [0.2, 0.25) is 0 Å². The van der Waals surface area contributed by atoms with Gasteiger partial charge in [0, 0.05) is 34.4 Å². The van der Waals surface area contributed by atoms with E-state index in [4.69, 9.17) is 23.4 Å². The van der Waals surface area contributed by atoms with Gasteiger partial charge in [-0.1, -0.05) is 0 Å². The van der Waals surface area contributed by atoms with Crippen molar-refractivity contribution in [1.82, 2.24) is 4.98 Å². The molecule has 0 atom stereocenters. The van der Waals surface area contributed by atoms with Crippen LogP contribution in [0.3, 0.4) is 0 Å². The molecule has 9 heteroatoms. The minimum absolute atomic E-state index is 0.0493. The average Bonchev–Trinajstić information content (AvgIpc) is 3.35. The summed E-state index contributed by atoms with van der Waals surface area (Å²) in [4.78, 5) is 29.4. The van der Waals surface area contributed by atoms with Crippen molar-refractivity contribution in [2.75, 3.05) is 21.3 Å². The van der Waals surface area contributed by atoms with Crippen molar-refractivity contribution in [2.45, 2.75) is 26.4 Å². The monoisotopic (exact) mass is 495 g/mol. The number of benzene rings is 2. The summed E-state index contributed by atoms with van der Waals surface area (Å²) < 4.78 is 26.6. The van der Waals surface area contributed by atoms with Gasteiger partial charge in [-0.2, -0.15) is 0 Å². The van der Waals surface area contributed by atoms with E-state index in [9.17, 15) is 9.59 Å². The number of carbonyl (C=O) groups is 1. The molecule has 4 aromatic rings. The molecular weight excluding hydrogens is 470 g/mol. The Morgan fingerprint density at radius 3 is 2.57 bits per heavy atom. The zero-order chi connectivity index (χ0) is 24.9. The second-order valence-corrected chi connectivity index (χ2v) is 8.59. The zero-order valence-corrected chi connectivity index (χ0v) is 20.7. The zero-order valence-electron chi connectivity index (χ0n) is 19.9. The van der Waals surface area contributed by atoms with Crippen molar-refractivity contribution in [2.24, 2.45) is 0 Å². The highest BCUT2D eigenvalue weighted by atomic mass is 32.1. The summed E-state index contributed by atoms with van der Waals surface area (Å²) in [5, 5.41) is 3.42. The molecule has 35 heavy (non-hydrogen) atoms. The predicted octanol–water partition coefficient (Wildman–Crippen LogP) is 4.93. The maximum Gasteiger partial charge on any atom is 0.339 e. The Bertz CT molecular complexity index is 1420. The third-order valence-electron chi connectivity index (χ3n) is 5.64. The smallest absolute Gasteiger partial charge is 0.339 e. The van der Waals surface area contributed by atoms with E-state index in [1.165, 1.54) is 11.3 Å². The number of ether oxygens (including phenoxy) is 4. The molecule has 0 aliphatic heterocycles. The van der Waals surface area contributed by atoms with Crippen molar-refractivity contribution in [3.8, 4) is 27.8 Å². The van der Waals surface area contributed by atoms with Crippen LogP contribution in [0.4, 0.5) is 0 Å². The molecule has 2 heterocycles. The quantitative estimate of drug-likeness (QED) is 0.238. The third kappa shape index (κ3) is 5.30. The lowest BCUT2D eigenvalue weighted by atomic mass is 10.0. The molecule has 0 aliphatic carbocycles. The molecule has 0 bridgehead atoms. The number of thiazole rings is 1. The van der Waals surface area contributed by atoms with E-state index in [0.29, 0.717) is 34.1 Å². The second kappa shape index (κ2) is 10.6. The molecular formula is C26H25NO7S. The van der Waals surface area contributed by atoms with Crippen LogP contribution in [0.2, 0.25) is 0 Å². The summed E-state index contributed by atoms with van der Waals surface area (Å²) >= 11 is 1.44. The number of fused-ring (bicyclic) bond motifs is 1. The number of esters is 1. The number of aryl methyl sites for hydroxylation is 1. The number of nitrogens with zero attached hydrogens (tertiary/aromatic N) is 1. The first kappa shape index (κ1) is 24.3. The lowest BCUT2D eigenvalue weighted by Crippen LogP contribution is -2.14.